The Kier molecular flexibility index (Phi) is 6.25. The summed E-state index contributed by atoms with van der Waals surface area (Å²) in [6.07, 6.45) is 0.230. The molecule has 1 saturated heterocycles. The van der Waals surface area contributed by atoms with Gasteiger partial charge in [-0.15, -0.1) is 0 Å². The third-order valence-corrected chi connectivity index (χ3v) is 5.45. The zero-order chi connectivity index (χ0) is 22.3. The summed E-state index contributed by atoms with van der Waals surface area (Å²) >= 11 is 3.43. The molecule has 9 heteroatoms. The summed E-state index contributed by atoms with van der Waals surface area (Å²) in [4.78, 5) is 25.9. The quantitative estimate of drug-likeness (QED) is 0.594. The summed E-state index contributed by atoms with van der Waals surface area (Å²) in [6.45, 7) is 10.3. The number of ether oxygens (including phenoxy) is 5. The first-order valence-corrected chi connectivity index (χ1v) is 10.6. The van der Waals surface area contributed by atoms with Gasteiger partial charge in [0.05, 0.1) is 29.8 Å². The number of hydrogen-bond acceptors (Lipinski definition) is 7. The average Bonchev–Trinajstić information content (AvgIpc) is 3.26. The highest BCUT2D eigenvalue weighted by Gasteiger charge is 2.42. The van der Waals surface area contributed by atoms with E-state index >= 15 is 0 Å². The molecular weight excluding hydrogens is 458 g/mol. The van der Waals surface area contributed by atoms with Crippen molar-refractivity contribution in [2.24, 2.45) is 0 Å². The second-order valence-corrected chi connectivity index (χ2v) is 9.52. The molecule has 1 aromatic rings. The van der Waals surface area contributed by atoms with Crippen LogP contribution in [0.4, 0.5) is 4.79 Å². The largest absolute Gasteiger partial charge is 0.465 e. The summed E-state index contributed by atoms with van der Waals surface area (Å²) < 4.78 is 28.9. The Morgan fingerprint density at radius 2 is 1.97 bits per heavy atom. The van der Waals surface area contributed by atoms with Gasteiger partial charge in [0.25, 0.3) is 5.79 Å². The number of nitrogens with zero attached hydrogens (tertiary/aromatic N) is 1. The van der Waals surface area contributed by atoms with Crippen LogP contribution in [0.3, 0.4) is 0 Å². The fraction of sp³-hybridized carbons (Fsp3) is 0.619. The van der Waals surface area contributed by atoms with E-state index in [-0.39, 0.29) is 18.8 Å². The van der Waals surface area contributed by atoms with Crippen LogP contribution in [0.5, 0.6) is 11.5 Å². The van der Waals surface area contributed by atoms with Gasteiger partial charge < -0.3 is 28.6 Å². The highest BCUT2D eigenvalue weighted by atomic mass is 79.9. The highest BCUT2D eigenvalue weighted by molar-refractivity contribution is 9.10. The number of likely N-dealkylation sites (tertiary alicyclic amines) is 1. The molecule has 2 aliphatic rings. The van der Waals surface area contributed by atoms with E-state index in [9.17, 15) is 9.59 Å². The van der Waals surface area contributed by atoms with Crippen molar-refractivity contribution in [3.63, 3.8) is 0 Å². The minimum atomic E-state index is -1.05. The van der Waals surface area contributed by atoms with Crippen molar-refractivity contribution >= 4 is 28.0 Å². The number of esters is 1. The van der Waals surface area contributed by atoms with Gasteiger partial charge >= 0.3 is 12.1 Å². The lowest BCUT2D eigenvalue weighted by Gasteiger charge is -2.26. The van der Waals surface area contributed by atoms with Gasteiger partial charge in [-0.05, 0) is 56.1 Å². The number of amides is 1. The predicted molar refractivity (Wildman–Crippen MR) is 112 cm³/mol. The molecule has 1 amide bonds. The first-order chi connectivity index (χ1) is 13.9. The van der Waals surface area contributed by atoms with Gasteiger partial charge in [-0.25, -0.2) is 9.59 Å². The van der Waals surface area contributed by atoms with Gasteiger partial charge in [0, 0.05) is 19.0 Å². The van der Waals surface area contributed by atoms with Gasteiger partial charge in [0.15, 0.2) is 11.5 Å². The Morgan fingerprint density at radius 3 is 2.60 bits per heavy atom. The number of carbonyl (C=O) groups is 2. The number of hydrogen-bond donors (Lipinski definition) is 0. The zero-order valence-electron chi connectivity index (χ0n) is 18.2. The van der Waals surface area contributed by atoms with Crippen molar-refractivity contribution in [2.45, 2.75) is 58.5 Å². The minimum absolute atomic E-state index is 0.138. The molecule has 166 valence electrons. The molecule has 3 rings (SSSR count). The van der Waals surface area contributed by atoms with Gasteiger partial charge in [0.1, 0.15) is 12.2 Å². The third kappa shape index (κ3) is 4.83. The maximum absolute atomic E-state index is 12.2. The summed E-state index contributed by atoms with van der Waals surface area (Å²) in [5, 5.41) is 0. The van der Waals surface area contributed by atoms with Crippen LogP contribution in [-0.4, -0.2) is 61.3 Å². The Balaban J connectivity index is 1.62. The van der Waals surface area contributed by atoms with Crippen LogP contribution in [0.25, 0.3) is 0 Å². The second-order valence-electron chi connectivity index (χ2n) is 8.67. The Morgan fingerprint density at radius 1 is 1.30 bits per heavy atom. The van der Waals surface area contributed by atoms with Crippen LogP contribution >= 0.6 is 15.9 Å². The lowest BCUT2D eigenvalue weighted by atomic mass is 10.1. The summed E-state index contributed by atoms with van der Waals surface area (Å²) in [5.41, 5.74) is 0.510. The number of benzene rings is 1. The summed E-state index contributed by atoms with van der Waals surface area (Å²) in [6, 6.07) is 1.66. The molecule has 0 spiro atoms. The second kappa shape index (κ2) is 8.26. The maximum atomic E-state index is 12.2. The molecule has 30 heavy (non-hydrogen) atoms. The SMILES string of the molecule is COC(=O)c1cc(Br)c2c(c1C)OC(C)(COC1CCN(C(=O)OC(C)(C)C)C1)O2. The van der Waals surface area contributed by atoms with Crippen LogP contribution < -0.4 is 9.47 Å². The topological polar surface area (TPSA) is 83.5 Å². The number of fused-ring (bicyclic) bond motifs is 1. The van der Waals surface area contributed by atoms with E-state index < -0.39 is 17.4 Å². The monoisotopic (exact) mass is 485 g/mol. The molecule has 1 fully saturated rings. The molecule has 2 aliphatic heterocycles. The van der Waals surface area contributed by atoms with Crippen molar-refractivity contribution in [3.05, 3.63) is 21.7 Å². The predicted octanol–water partition coefficient (Wildman–Crippen LogP) is 4.06. The van der Waals surface area contributed by atoms with Crippen LogP contribution in [0.2, 0.25) is 0 Å². The van der Waals surface area contributed by atoms with E-state index in [1.165, 1.54) is 7.11 Å². The first kappa shape index (κ1) is 22.7. The smallest absolute Gasteiger partial charge is 0.410 e. The van der Waals surface area contributed by atoms with Crippen LogP contribution in [0.1, 0.15) is 50.0 Å². The number of rotatable bonds is 4. The zero-order valence-corrected chi connectivity index (χ0v) is 19.8. The minimum Gasteiger partial charge on any atom is -0.465 e. The highest BCUT2D eigenvalue weighted by Crippen LogP contribution is 2.48. The van der Waals surface area contributed by atoms with Crippen LogP contribution in [0, 0.1) is 6.92 Å². The molecule has 8 nitrogen and oxygen atoms in total. The van der Waals surface area contributed by atoms with E-state index in [0.717, 1.165) is 0 Å². The van der Waals surface area contributed by atoms with E-state index in [0.29, 0.717) is 46.6 Å². The maximum Gasteiger partial charge on any atom is 0.410 e. The number of carbonyl (C=O) groups excluding carboxylic acids is 2. The fourth-order valence-electron chi connectivity index (χ4n) is 3.38. The molecule has 0 aliphatic carbocycles. The molecule has 0 saturated carbocycles. The normalized spacial score (nSPS) is 22.9. The molecule has 0 N–H and O–H groups in total. The van der Waals surface area contributed by atoms with E-state index in [4.69, 9.17) is 23.7 Å². The molecule has 1 aromatic carbocycles. The molecule has 2 unspecified atom stereocenters. The van der Waals surface area contributed by atoms with Crippen molar-refractivity contribution < 1.29 is 33.3 Å². The van der Waals surface area contributed by atoms with Crippen molar-refractivity contribution in [3.8, 4) is 11.5 Å². The Labute approximate surface area is 184 Å². The number of halogens is 1. The summed E-state index contributed by atoms with van der Waals surface area (Å²) in [5.74, 6) is -0.493. The van der Waals surface area contributed by atoms with Crippen molar-refractivity contribution in [1.82, 2.24) is 4.90 Å². The van der Waals surface area contributed by atoms with Gasteiger partial charge in [0.2, 0.25) is 0 Å². The van der Waals surface area contributed by atoms with Crippen LogP contribution in [0.15, 0.2) is 10.5 Å². The molecule has 2 heterocycles. The molecular formula is C21H28BrNO7. The number of methoxy groups -OCH3 is 1. The van der Waals surface area contributed by atoms with E-state index in [1.807, 2.05) is 20.8 Å². The van der Waals surface area contributed by atoms with Gasteiger partial charge in [-0.1, -0.05) is 0 Å². The van der Waals surface area contributed by atoms with Crippen molar-refractivity contribution in [1.29, 1.82) is 0 Å². The van der Waals surface area contributed by atoms with E-state index in [1.54, 1.807) is 24.8 Å². The first-order valence-electron chi connectivity index (χ1n) is 9.81. The Hall–Kier alpha value is -2.00. The van der Waals surface area contributed by atoms with Crippen LogP contribution in [-0.2, 0) is 14.2 Å². The lowest BCUT2D eigenvalue weighted by Crippen LogP contribution is -2.42. The molecule has 0 bridgehead atoms. The Bertz CT molecular complexity index is 851. The van der Waals surface area contributed by atoms with Gasteiger partial charge in [-0.2, -0.15) is 0 Å². The lowest BCUT2D eigenvalue weighted by molar-refractivity contribution is -0.132. The molecule has 2 atom stereocenters. The standard InChI is InChI=1S/C21H28BrNO7/c1-12-14(18(24)26-6)9-15(22)17-16(12)28-21(5,29-17)11-27-13-7-8-23(10-13)19(25)30-20(2,3)4/h9,13H,7-8,10-11H2,1-6H3. The molecule has 0 aromatic heterocycles. The third-order valence-electron chi connectivity index (χ3n) is 4.86. The van der Waals surface area contributed by atoms with Gasteiger partial charge in [-0.3, -0.25) is 0 Å². The fourth-order valence-corrected chi connectivity index (χ4v) is 3.87. The van der Waals surface area contributed by atoms with Crippen molar-refractivity contribution in [2.75, 3.05) is 26.8 Å². The average molecular weight is 486 g/mol. The summed E-state index contributed by atoms with van der Waals surface area (Å²) in [7, 11) is 1.33. The molecule has 0 radical (unpaired) electrons. The van der Waals surface area contributed by atoms with E-state index in [2.05, 4.69) is 15.9 Å².